The zero-order valence-electron chi connectivity index (χ0n) is 3.91. The predicted octanol–water partition coefficient (Wildman–Crippen LogP) is 0.276. The molecule has 0 saturated carbocycles. The standard InChI is InChI=1S/C5H6Si.N/c1-2-4-6-5-3-1;/h1-6H;. The van der Waals surface area contributed by atoms with Gasteiger partial charge in [0.25, 0.3) is 0 Å². The van der Waals surface area contributed by atoms with Crippen LogP contribution in [0.25, 0.3) is 0 Å². The lowest BCUT2D eigenvalue weighted by Gasteiger charge is -1.69. The van der Waals surface area contributed by atoms with Crippen LogP contribution in [0.1, 0.15) is 0 Å². The molecule has 1 aromatic heterocycles. The van der Waals surface area contributed by atoms with E-state index in [2.05, 4.69) is 29.6 Å². The van der Waals surface area contributed by atoms with E-state index in [1.54, 1.807) is 0 Å². The molecule has 0 N–H and O–H groups in total. The quantitative estimate of drug-likeness (QED) is 0.427. The molecule has 0 spiro atoms. The van der Waals surface area contributed by atoms with Crippen LogP contribution in [0.15, 0.2) is 29.6 Å². The van der Waals surface area contributed by atoms with Crippen molar-refractivity contribution in [2.45, 2.75) is 0 Å². The molecule has 2 heteroatoms. The zero-order chi connectivity index (χ0) is 4.24. The average Bonchev–Trinajstić information content (AvgIpc) is 1.72. The van der Waals surface area contributed by atoms with Gasteiger partial charge in [0.1, 0.15) is 0 Å². The molecule has 1 aromatic rings. The Morgan fingerprint density at radius 1 is 0.857 bits per heavy atom. The lowest BCUT2D eigenvalue weighted by Crippen LogP contribution is -1.60. The summed E-state index contributed by atoms with van der Waals surface area (Å²) in [6, 6.07) is 6.24. The van der Waals surface area contributed by atoms with E-state index in [9.17, 15) is 0 Å². The van der Waals surface area contributed by atoms with Gasteiger partial charge in [0.15, 0.2) is 0 Å². The number of rotatable bonds is 0. The molecule has 1 rings (SSSR count). The normalized spacial score (nSPS) is 6.86. The van der Waals surface area contributed by atoms with Crippen LogP contribution < -0.4 is 6.15 Å². The number of nitrogens with zero attached hydrogens (tertiary/aromatic N) is 1. The van der Waals surface area contributed by atoms with Crippen LogP contribution in [0.4, 0.5) is 0 Å². The molecule has 0 aliphatic rings. The van der Waals surface area contributed by atoms with Gasteiger partial charge < -0.3 is 0 Å². The maximum atomic E-state index is 2.21. The second-order valence-electron chi connectivity index (χ2n) is 1.15. The Bertz CT molecular complexity index is 80.0. The first-order valence-corrected chi connectivity index (χ1v) is 3.33. The summed E-state index contributed by atoms with van der Waals surface area (Å²) in [7, 11) is 0.513. The van der Waals surface area contributed by atoms with Crippen molar-refractivity contribution >= 4 is 9.12 Å². The molecule has 0 aromatic carbocycles. The summed E-state index contributed by atoms with van der Waals surface area (Å²) in [6.07, 6.45) is 0. The van der Waals surface area contributed by atoms with Crippen molar-refractivity contribution in [3.8, 4) is 0 Å². The molecule has 1 heterocycles. The molecule has 0 fully saturated rings. The fraction of sp³-hybridized carbons (Fsp3) is 0. The smallest absolute Gasteiger partial charge is 0.0198 e. The highest BCUT2D eigenvalue weighted by molar-refractivity contribution is 6.26. The minimum atomic E-state index is 0. The van der Waals surface area contributed by atoms with E-state index in [0.717, 1.165) is 0 Å². The maximum absolute atomic E-state index is 2.21. The first-order chi connectivity index (χ1) is 3.00. The van der Waals surface area contributed by atoms with Gasteiger partial charge in [-0.3, -0.25) is 0 Å². The van der Waals surface area contributed by atoms with E-state index < -0.39 is 0 Å². The summed E-state index contributed by atoms with van der Waals surface area (Å²) in [4.78, 5) is 0. The summed E-state index contributed by atoms with van der Waals surface area (Å²) >= 11 is 0. The van der Waals surface area contributed by atoms with Crippen molar-refractivity contribution in [3.63, 3.8) is 0 Å². The molecule has 35 valence electrons. The Balaban J connectivity index is 0.000000360. The van der Waals surface area contributed by atoms with E-state index in [1.165, 1.54) is 0 Å². The fourth-order valence-corrected chi connectivity index (χ4v) is 1.03. The van der Waals surface area contributed by atoms with Gasteiger partial charge in [-0.25, -0.2) is 0 Å². The molecular weight excluding hydrogens is 102 g/mol. The maximum Gasteiger partial charge on any atom is 0.0198 e. The van der Waals surface area contributed by atoms with Crippen LogP contribution >= 0.6 is 0 Å². The van der Waals surface area contributed by atoms with E-state index in [1.807, 2.05) is 0 Å². The Hall–Kier alpha value is -0.473. The van der Waals surface area contributed by atoms with Crippen LogP contribution in [0, 0.1) is 0 Å². The van der Waals surface area contributed by atoms with Crippen molar-refractivity contribution < 1.29 is 0 Å². The van der Waals surface area contributed by atoms with Gasteiger partial charge in [-0.15, -0.1) is 0 Å². The summed E-state index contributed by atoms with van der Waals surface area (Å²) in [6.45, 7) is 0. The number of hydrogen-bond acceptors (Lipinski definition) is 0. The van der Waals surface area contributed by atoms with Crippen LogP contribution in [-0.4, -0.2) is 9.12 Å². The summed E-state index contributed by atoms with van der Waals surface area (Å²) in [5.41, 5.74) is 4.42. The Morgan fingerprint density at radius 3 is 1.57 bits per heavy atom. The van der Waals surface area contributed by atoms with Gasteiger partial charge >= 0.3 is 0 Å². The highest BCUT2D eigenvalue weighted by Gasteiger charge is 1.58. The molecule has 0 saturated heterocycles. The van der Waals surface area contributed by atoms with E-state index in [-0.39, 0.29) is 6.15 Å². The monoisotopic (exact) mass is 108 g/mol. The molecular formula is C5H6NSi. The van der Waals surface area contributed by atoms with Crippen LogP contribution in [0.2, 0.25) is 0 Å². The van der Waals surface area contributed by atoms with Gasteiger partial charge in [-0.05, 0) is 0 Å². The lowest BCUT2D eigenvalue weighted by molar-refractivity contribution is 1.87. The highest BCUT2D eigenvalue weighted by atomic mass is 28.2. The Morgan fingerprint density at radius 2 is 1.43 bits per heavy atom. The molecule has 0 amide bonds. The first kappa shape index (κ1) is 6.53. The minimum Gasteiger partial charge on any atom is -0.0805 e. The van der Waals surface area contributed by atoms with Crippen molar-refractivity contribution in [1.29, 1.82) is 0 Å². The van der Waals surface area contributed by atoms with Gasteiger partial charge in [-0.1, -0.05) is 29.6 Å². The van der Waals surface area contributed by atoms with Crippen LogP contribution in [-0.2, 0) is 0 Å². The van der Waals surface area contributed by atoms with Crippen molar-refractivity contribution in [1.82, 2.24) is 6.15 Å². The zero-order valence-corrected chi connectivity index (χ0v) is 5.07. The molecule has 0 bridgehead atoms. The number of hydrogen-bond donors (Lipinski definition) is 0. The summed E-state index contributed by atoms with van der Waals surface area (Å²) in [5, 5.41) is 0. The first-order valence-electron chi connectivity index (χ1n) is 2.00. The fourth-order valence-electron chi connectivity index (χ4n) is 0.385. The summed E-state index contributed by atoms with van der Waals surface area (Å²) < 4.78 is 0. The Kier molecular flexibility index (Phi) is 3.46. The van der Waals surface area contributed by atoms with Gasteiger partial charge in [-0.2, -0.15) is 0 Å². The molecule has 0 atom stereocenters. The molecule has 0 aliphatic heterocycles. The molecule has 7 heavy (non-hydrogen) atoms. The van der Waals surface area contributed by atoms with Gasteiger partial charge in [0.2, 0.25) is 0 Å². The molecule has 3 radical (unpaired) electrons. The third kappa shape index (κ3) is 2.25. The van der Waals surface area contributed by atoms with Crippen LogP contribution in [0.5, 0.6) is 0 Å². The van der Waals surface area contributed by atoms with Gasteiger partial charge in [0, 0.05) is 15.3 Å². The lowest BCUT2D eigenvalue weighted by atomic mass is 10.6. The second kappa shape index (κ2) is 3.71. The largest absolute Gasteiger partial charge is 0.0805 e. The van der Waals surface area contributed by atoms with E-state index >= 15 is 0 Å². The average molecular weight is 108 g/mol. The van der Waals surface area contributed by atoms with Crippen molar-refractivity contribution in [2.75, 3.05) is 0 Å². The molecule has 0 unspecified atom stereocenters. The third-order valence-electron chi connectivity index (χ3n) is 0.667. The summed E-state index contributed by atoms with van der Waals surface area (Å²) in [5.74, 6) is 0. The van der Waals surface area contributed by atoms with Crippen molar-refractivity contribution in [2.24, 2.45) is 0 Å². The predicted molar refractivity (Wildman–Crippen MR) is 31.3 cm³/mol. The Labute approximate surface area is 45.7 Å². The molecule has 1 nitrogen and oxygen atoms in total. The SMILES string of the molecule is [N].c1cc[siH]cc1. The highest BCUT2D eigenvalue weighted by Crippen LogP contribution is 1.73. The van der Waals surface area contributed by atoms with E-state index in [4.69, 9.17) is 0 Å². The van der Waals surface area contributed by atoms with Crippen LogP contribution in [0.3, 0.4) is 0 Å². The minimum absolute atomic E-state index is 0. The third-order valence-corrected chi connectivity index (χ3v) is 1.56. The van der Waals surface area contributed by atoms with Gasteiger partial charge in [0.05, 0.1) is 0 Å². The second-order valence-corrected chi connectivity index (χ2v) is 2.31. The topological polar surface area (TPSA) is 30.5 Å². The molecule has 0 aliphatic carbocycles. The van der Waals surface area contributed by atoms with Crippen molar-refractivity contribution in [3.05, 3.63) is 29.6 Å². The van der Waals surface area contributed by atoms with E-state index in [0.29, 0.717) is 9.12 Å².